The van der Waals surface area contributed by atoms with E-state index >= 15 is 0 Å². The maximum absolute atomic E-state index is 13.1. The molecule has 170 valence electrons. The van der Waals surface area contributed by atoms with E-state index < -0.39 is 10.0 Å². The smallest absolute Gasteiger partial charge is 0.281 e. The number of benzene rings is 2. The summed E-state index contributed by atoms with van der Waals surface area (Å²) < 4.78 is 29.3. The van der Waals surface area contributed by atoms with Crippen LogP contribution in [0.15, 0.2) is 64.3 Å². The van der Waals surface area contributed by atoms with E-state index in [9.17, 15) is 13.2 Å². The number of aromatic nitrogens is 5. The molecule has 33 heavy (non-hydrogen) atoms. The van der Waals surface area contributed by atoms with Crippen molar-refractivity contribution >= 4 is 21.2 Å². The van der Waals surface area contributed by atoms with E-state index in [0.717, 1.165) is 17.5 Å². The fourth-order valence-corrected chi connectivity index (χ4v) is 5.72. The largest absolute Gasteiger partial charge is 0.308 e. The minimum Gasteiger partial charge on any atom is -0.308 e. The number of nitrogens with zero attached hydrogens (tertiary/aromatic N) is 5. The van der Waals surface area contributed by atoms with Crippen molar-refractivity contribution in [2.45, 2.75) is 37.1 Å². The molecule has 1 atom stereocenters. The third-order valence-corrected chi connectivity index (χ3v) is 7.88. The van der Waals surface area contributed by atoms with Gasteiger partial charge in [-0.05, 0) is 37.5 Å². The molecular formula is C23H24N6O3S. The van der Waals surface area contributed by atoms with Gasteiger partial charge in [0.05, 0.1) is 11.4 Å². The number of hydrogen-bond acceptors (Lipinski definition) is 6. The average molecular weight is 465 g/mol. The highest BCUT2D eigenvalue weighted by atomic mass is 32.2. The lowest BCUT2D eigenvalue weighted by Crippen LogP contribution is -2.39. The first-order valence-electron chi connectivity index (χ1n) is 10.9. The highest BCUT2D eigenvalue weighted by molar-refractivity contribution is 7.89. The second kappa shape index (κ2) is 8.53. The number of rotatable bonds is 5. The van der Waals surface area contributed by atoms with E-state index in [0.29, 0.717) is 31.0 Å². The minimum atomic E-state index is -3.61. The molecule has 3 heterocycles. The van der Waals surface area contributed by atoms with Gasteiger partial charge in [0.1, 0.15) is 5.82 Å². The Bertz CT molecular complexity index is 1450. The first-order valence-corrected chi connectivity index (χ1v) is 12.3. The van der Waals surface area contributed by atoms with Crippen LogP contribution in [0.1, 0.15) is 35.7 Å². The number of aromatic amines is 1. The number of fused-ring (bicyclic) bond motifs is 1. The van der Waals surface area contributed by atoms with Crippen LogP contribution in [0.2, 0.25) is 0 Å². The van der Waals surface area contributed by atoms with E-state index in [-0.39, 0.29) is 28.4 Å². The van der Waals surface area contributed by atoms with Crippen LogP contribution in [0.5, 0.6) is 0 Å². The van der Waals surface area contributed by atoms with Gasteiger partial charge in [-0.15, -0.1) is 5.10 Å². The zero-order chi connectivity index (χ0) is 23.0. The Morgan fingerprint density at radius 3 is 2.61 bits per heavy atom. The highest BCUT2D eigenvalue weighted by Gasteiger charge is 2.32. The van der Waals surface area contributed by atoms with Gasteiger partial charge in [0.2, 0.25) is 10.0 Å². The lowest BCUT2D eigenvalue weighted by molar-refractivity contribution is 0.309. The summed E-state index contributed by atoms with van der Waals surface area (Å²) in [5.74, 6) is 0.241. The molecule has 10 heteroatoms. The van der Waals surface area contributed by atoms with Crippen molar-refractivity contribution < 1.29 is 8.42 Å². The maximum Gasteiger partial charge on any atom is 0.281 e. The average Bonchev–Trinajstić information content (AvgIpc) is 3.24. The molecule has 1 fully saturated rings. The van der Waals surface area contributed by atoms with E-state index in [2.05, 4.69) is 20.3 Å². The summed E-state index contributed by atoms with van der Waals surface area (Å²) >= 11 is 0. The second-order valence-electron chi connectivity index (χ2n) is 8.37. The first kappa shape index (κ1) is 21.5. The molecule has 1 aliphatic rings. The number of hydrogen-bond donors (Lipinski definition) is 1. The summed E-state index contributed by atoms with van der Waals surface area (Å²) in [6.07, 6.45) is 1.41. The van der Waals surface area contributed by atoms with Crippen LogP contribution in [0.3, 0.4) is 0 Å². The highest BCUT2D eigenvalue weighted by Crippen LogP contribution is 2.28. The van der Waals surface area contributed by atoms with Gasteiger partial charge in [0.15, 0.2) is 11.2 Å². The molecule has 9 nitrogen and oxygen atoms in total. The molecule has 0 aliphatic carbocycles. The Kier molecular flexibility index (Phi) is 5.55. The van der Waals surface area contributed by atoms with Crippen LogP contribution in [0, 0.1) is 6.92 Å². The molecule has 4 aromatic rings. The van der Waals surface area contributed by atoms with Crippen molar-refractivity contribution in [1.82, 2.24) is 29.3 Å². The number of sulfonamides is 1. The van der Waals surface area contributed by atoms with Crippen LogP contribution in [0.25, 0.3) is 11.2 Å². The quantitative estimate of drug-likeness (QED) is 0.485. The Morgan fingerprint density at radius 2 is 1.85 bits per heavy atom. The minimum absolute atomic E-state index is 0.176. The summed E-state index contributed by atoms with van der Waals surface area (Å²) in [7, 11) is -3.61. The van der Waals surface area contributed by atoms with Gasteiger partial charge in [-0.25, -0.2) is 18.1 Å². The summed E-state index contributed by atoms with van der Waals surface area (Å²) in [5, 5.41) is 8.14. The van der Waals surface area contributed by atoms with Crippen molar-refractivity contribution in [3.63, 3.8) is 0 Å². The monoisotopic (exact) mass is 464 g/mol. The molecule has 1 N–H and O–H groups in total. The Balaban J connectivity index is 1.45. The molecule has 1 aliphatic heterocycles. The summed E-state index contributed by atoms with van der Waals surface area (Å²) in [6, 6.07) is 16.5. The van der Waals surface area contributed by atoms with Gasteiger partial charge in [-0.2, -0.15) is 4.31 Å². The van der Waals surface area contributed by atoms with Crippen molar-refractivity contribution in [1.29, 1.82) is 0 Å². The van der Waals surface area contributed by atoms with Gasteiger partial charge in [0.25, 0.3) is 5.56 Å². The van der Waals surface area contributed by atoms with Crippen molar-refractivity contribution in [2.24, 2.45) is 0 Å². The Labute approximate surface area is 191 Å². The molecule has 0 saturated carbocycles. The molecule has 0 amide bonds. The molecule has 0 unspecified atom stereocenters. The van der Waals surface area contributed by atoms with Crippen LogP contribution < -0.4 is 5.56 Å². The zero-order valence-electron chi connectivity index (χ0n) is 18.2. The fourth-order valence-electron chi connectivity index (χ4n) is 4.17. The first-order chi connectivity index (χ1) is 15.9. The molecule has 1 saturated heterocycles. The Morgan fingerprint density at radius 1 is 1.09 bits per heavy atom. The van der Waals surface area contributed by atoms with E-state index in [1.54, 1.807) is 35.0 Å². The lowest BCUT2D eigenvalue weighted by atomic mass is 9.99. The molecule has 2 aromatic heterocycles. The second-order valence-corrected chi connectivity index (χ2v) is 10.3. The Hall–Kier alpha value is -3.37. The van der Waals surface area contributed by atoms with Gasteiger partial charge in [-0.1, -0.05) is 53.2 Å². The molecular weight excluding hydrogens is 440 g/mol. The van der Waals surface area contributed by atoms with Crippen LogP contribution in [-0.4, -0.2) is 50.8 Å². The third kappa shape index (κ3) is 4.19. The number of nitrogens with one attached hydrogen (secondary N) is 1. The molecule has 0 bridgehead atoms. The topological polar surface area (TPSA) is 114 Å². The third-order valence-electron chi connectivity index (χ3n) is 6.00. The standard InChI is InChI=1S/C23H24N6O3S/c1-16-9-11-17(12-10-16)14-29-22-20(26-27-29)23(30)25-21(24-22)18-6-5-13-28(15-18)33(31,32)19-7-3-2-4-8-19/h2-4,7-12,18H,5-6,13-15H2,1H3,(H,24,25,30)/t18-/m0/s1. The van der Waals surface area contributed by atoms with Crippen molar-refractivity contribution in [3.05, 3.63) is 81.9 Å². The zero-order valence-corrected chi connectivity index (χ0v) is 19.0. The van der Waals surface area contributed by atoms with Crippen LogP contribution in [-0.2, 0) is 16.6 Å². The van der Waals surface area contributed by atoms with Crippen molar-refractivity contribution in [3.8, 4) is 0 Å². The van der Waals surface area contributed by atoms with E-state index in [1.165, 1.54) is 4.31 Å². The maximum atomic E-state index is 13.1. The number of piperidine rings is 1. The van der Waals surface area contributed by atoms with Gasteiger partial charge < -0.3 is 4.98 Å². The SMILES string of the molecule is Cc1ccc(Cn2nnc3c(=O)[nH]c([C@H]4CCCN(S(=O)(=O)c5ccccc5)C4)nc32)cc1. The van der Waals surface area contributed by atoms with Crippen molar-refractivity contribution in [2.75, 3.05) is 13.1 Å². The number of H-pyrrole nitrogens is 1. The van der Waals surface area contributed by atoms with Gasteiger partial charge in [0, 0.05) is 19.0 Å². The van der Waals surface area contributed by atoms with Crippen LogP contribution in [0.4, 0.5) is 0 Å². The van der Waals surface area contributed by atoms with E-state index in [4.69, 9.17) is 0 Å². The normalized spacial score (nSPS) is 17.4. The summed E-state index contributed by atoms with van der Waals surface area (Å²) in [6.45, 7) is 3.15. The summed E-state index contributed by atoms with van der Waals surface area (Å²) in [5.41, 5.74) is 2.39. The van der Waals surface area contributed by atoms with Crippen LogP contribution >= 0.6 is 0 Å². The summed E-state index contributed by atoms with van der Waals surface area (Å²) in [4.78, 5) is 20.5. The van der Waals surface area contributed by atoms with Gasteiger partial charge in [-0.3, -0.25) is 4.79 Å². The fraction of sp³-hybridized carbons (Fsp3) is 0.304. The van der Waals surface area contributed by atoms with E-state index in [1.807, 2.05) is 31.2 Å². The lowest BCUT2D eigenvalue weighted by Gasteiger charge is -2.31. The molecule has 2 aromatic carbocycles. The molecule has 0 radical (unpaired) electrons. The predicted octanol–water partition coefficient (Wildman–Crippen LogP) is 2.44. The molecule has 5 rings (SSSR count). The number of aryl methyl sites for hydroxylation is 1. The molecule has 0 spiro atoms. The predicted molar refractivity (Wildman–Crippen MR) is 123 cm³/mol. The van der Waals surface area contributed by atoms with Gasteiger partial charge >= 0.3 is 0 Å².